The summed E-state index contributed by atoms with van der Waals surface area (Å²) >= 11 is 0. The maximum atomic E-state index is 12.1. The summed E-state index contributed by atoms with van der Waals surface area (Å²) in [7, 11) is 3.71. The monoisotopic (exact) mass is 225 g/mol. The Balaban J connectivity index is 3.15. The van der Waals surface area contributed by atoms with E-state index in [1.165, 1.54) is 0 Å². The second kappa shape index (κ2) is 3.82. The second-order valence-electron chi connectivity index (χ2n) is 5.34. The molecular formula is C11H21N4O. The highest BCUT2D eigenvalue weighted by molar-refractivity contribution is 6.45. The molecule has 1 aliphatic rings. The predicted molar refractivity (Wildman–Crippen MR) is 64.9 cm³/mol. The zero-order valence-electron chi connectivity index (χ0n) is 11.2. The fourth-order valence-electron chi connectivity index (χ4n) is 2.11. The van der Waals surface area contributed by atoms with Crippen LogP contribution in [0.25, 0.3) is 0 Å². The Morgan fingerprint density at radius 3 is 2.12 bits per heavy atom. The van der Waals surface area contributed by atoms with E-state index in [0.717, 1.165) is 16.5 Å². The number of rotatable bonds is 2. The van der Waals surface area contributed by atoms with Gasteiger partial charge in [0.15, 0.2) is 0 Å². The average molecular weight is 225 g/mol. The number of hydroxylamine groups is 2. The summed E-state index contributed by atoms with van der Waals surface area (Å²) in [5, 5.41) is 19.1. The van der Waals surface area contributed by atoms with E-state index in [-0.39, 0.29) is 0 Å². The maximum absolute atomic E-state index is 12.1. The van der Waals surface area contributed by atoms with Crippen LogP contribution in [0.5, 0.6) is 0 Å². The fraction of sp³-hybridized carbons (Fsp3) is 0.818. The molecule has 0 N–H and O–H groups in total. The van der Waals surface area contributed by atoms with Gasteiger partial charge in [-0.05, 0) is 34.6 Å². The topological polar surface area (TPSA) is 51.1 Å². The summed E-state index contributed by atoms with van der Waals surface area (Å²) < 4.78 is 0. The molecule has 5 nitrogen and oxygen atoms in total. The van der Waals surface area contributed by atoms with Gasteiger partial charge in [-0.2, -0.15) is 5.10 Å². The van der Waals surface area contributed by atoms with E-state index in [1.807, 2.05) is 48.7 Å². The molecule has 1 aliphatic heterocycles. The summed E-state index contributed by atoms with van der Waals surface area (Å²) in [5.74, 6) is 0. The van der Waals surface area contributed by atoms with Crippen LogP contribution in [0.4, 0.5) is 0 Å². The molecule has 1 radical (unpaired) electrons. The quantitative estimate of drug-likeness (QED) is 0.528. The van der Waals surface area contributed by atoms with Gasteiger partial charge in [-0.1, -0.05) is 0 Å². The molecule has 0 spiro atoms. The van der Waals surface area contributed by atoms with Gasteiger partial charge in [0.1, 0.15) is 5.66 Å². The molecule has 1 heterocycles. The molecule has 0 aromatic carbocycles. The van der Waals surface area contributed by atoms with Crippen LogP contribution in [0.2, 0.25) is 0 Å². The molecule has 0 bridgehead atoms. The third-order valence-electron chi connectivity index (χ3n) is 2.66. The molecular weight excluding hydrogens is 204 g/mol. The van der Waals surface area contributed by atoms with Gasteiger partial charge in [-0.15, -0.1) is 10.3 Å². The van der Waals surface area contributed by atoms with Crippen molar-refractivity contribution in [2.75, 3.05) is 14.1 Å². The maximum Gasteiger partial charge on any atom is 0.134 e. The van der Waals surface area contributed by atoms with Crippen molar-refractivity contribution in [1.82, 2.24) is 10.1 Å². The Morgan fingerprint density at radius 2 is 1.81 bits per heavy atom. The van der Waals surface area contributed by atoms with E-state index in [1.54, 1.807) is 5.01 Å². The lowest BCUT2D eigenvalue weighted by atomic mass is 9.95. The number of hydrogen-bond acceptors (Lipinski definition) is 4. The van der Waals surface area contributed by atoms with Crippen LogP contribution in [-0.4, -0.2) is 46.8 Å². The van der Waals surface area contributed by atoms with Crippen LogP contribution < -0.4 is 0 Å². The van der Waals surface area contributed by atoms with E-state index in [9.17, 15) is 5.21 Å². The molecule has 0 atom stereocenters. The molecule has 0 aromatic heterocycles. The Labute approximate surface area is 97.4 Å². The van der Waals surface area contributed by atoms with Crippen molar-refractivity contribution in [3.05, 3.63) is 0 Å². The van der Waals surface area contributed by atoms with Crippen molar-refractivity contribution in [2.24, 2.45) is 10.1 Å². The molecule has 0 saturated heterocycles. The summed E-state index contributed by atoms with van der Waals surface area (Å²) in [6.07, 6.45) is 0. The molecule has 1 rings (SSSR count). The van der Waals surface area contributed by atoms with Gasteiger partial charge in [0.25, 0.3) is 0 Å². The molecule has 0 saturated carbocycles. The largest absolute Gasteiger partial charge is 0.303 e. The first kappa shape index (κ1) is 13.1. The number of nitrogens with zero attached hydrogens (tertiary/aromatic N) is 4. The van der Waals surface area contributed by atoms with Gasteiger partial charge in [0.05, 0.1) is 17.0 Å². The highest BCUT2D eigenvalue weighted by atomic mass is 16.5. The van der Waals surface area contributed by atoms with E-state index < -0.39 is 11.2 Å². The number of aliphatic imine (C=N–C) groups is 1. The highest BCUT2D eigenvalue weighted by Gasteiger charge is 2.49. The predicted octanol–water partition coefficient (Wildman–Crippen LogP) is 1.54. The molecule has 5 heteroatoms. The summed E-state index contributed by atoms with van der Waals surface area (Å²) in [5.41, 5.74) is 0.234. The second-order valence-corrected chi connectivity index (χ2v) is 5.34. The summed E-state index contributed by atoms with van der Waals surface area (Å²) in [6, 6.07) is 0. The molecule has 0 aromatic rings. The molecule has 16 heavy (non-hydrogen) atoms. The van der Waals surface area contributed by atoms with Crippen molar-refractivity contribution in [2.45, 2.75) is 45.8 Å². The number of hydrazone groups is 1. The molecule has 0 aliphatic carbocycles. The zero-order chi connectivity index (χ0) is 12.7. The zero-order valence-corrected chi connectivity index (χ0v) is 11.2. The molecule has 0 fully saturated rings. The van der Waals surface area contributed by atoms with Crippen LogP contribution in [0.15, 0.2) is 10.1 Å². The minimum atomic E-state index is -0.706. The van der Waals surface area contributed by atoms with Crippen molar-refractivity contribution < 1.29 is 5.21 Å². The standard InChI is InChI=1S/C11H21N4O/c1-8(13-14(6)7)9-10(2,3)15(16)11(4,5)12-9/h1-7H3/b13-8+. The Morgan fingerprint density at radius 1 is 1.31 bits per heavy atom. The number of hydrogen-bond donors (Lipinski definition) is 0. The minimum absolute atomic E-state index is 0.618. The summed E-state index contributed by atoms with van der Waals surface area (Å²) in [4.78, 5) is 4.48. The van der Waals surface area contributed by atoms with E-state index in [2.05, 4.69) is 10.1 Å². The molecule has 0 unspecified atom stereocenters. The SMILES string of the molecule is C/C(=N\N(C)C)C1=NC(C)(C)N([O])C1(C)C. The van der Waals surface area contributed by atoms with Crippen molar-refractivity contribution >= 4 is 11.4 Å². The highest BCUT2D eigenvalue weighted by Crippen LogP contribution is 2.33. The Hall–Kier alpha value is -0.940. The first-order chi connectivity index (χ1) is 7.09. The lowest BCUT2D eigenvalue weighted by molar-refractivity contribution is -0.240. The van der Waals surface area contributed by atoms with Gasteiger partial charge in [0.2, 0.25) is 0 Å². The third-order valence-corrected chi connectivity index (χ3v) is 2.66. The molecule has 91 valence electrons. The Kier molecular flexibility index (Phi) is 3.13. The van der Waals surface area contributed by atoms with Crippen LogP contribution in [0.1, 0.15) is 34.6 Å². The van der Waals surface area contributed by atoms with E-state index in [0.29, 0.717) is 0 Å². The van der Waals surface area contributed by atoms with E-state index in [4.69, 9.17) is 0 Å². The normalized spacial score (nSPS) is 24.5. The summed E-state index contributed by atoms with van der Waals surface area (Å²) in [6.45, 7) is 9.27. The molecule has 0 amide bonds. The van der Waals surface area contributed by atoms with E-state index >= 15 is 0 Å². The van der Waals surface area contributed by atoms with Crippen molar-refractivity contribution in [3.63, 3.8) is 0 Å². The Bertz CT molecular complexity index is 342. The van der Waals surface area contributed by atoms with Crippen molar-refractivity contribution in [3.8, 4) is 0 Å². The fourth-order valence-corrected chi connectivity index (χ4v) is 2.11. The van der Waals surface area contributed by atoms with Crippen LogP contribution >= 0.6 is 0 Å². The van der Waals surface area contributed by atoms with Gasteiger partial charge in [0, 0.05) is 14.1 Å². The lowest BCUT2D eigenvalue weighted by Gasteiger charge is -2.31. The van der Waals surface area contributed by atoms with Gasteiger partial charge >= 0.3 is 0 Å². The van der Waals surface area contributed by atoms with Crippen LogP contribution in [-0.2, 0) is 5.21 Å². The van der Waals surface area contributed by atoms with Gasteiger partial charge < -0.3 is 5.01 Å². The van der Waals surface area contributed by atoms with Gasteiger partial charge in [-0.25, -0.2) is 0 Å². The average Bonchev–Trinajstić information content (AvgIpc) is 2.25. The smallest absolute Gasteiger partial charge is 0.134 e. The van der Waals surface area contributed by atoms with Crippen molar-refractivity contribution in [1.29, 1.82) is 0 Å². The minimum Gasteiger partial charge on any atom is -0.303 e. The first-order valence-corrected chi connectivity index (χ1v) is 5.40. The third kappa shape index (κ3) is 2.10. The lowest BCUT2D eigenvalue weighted by Crippen LogP contribution is -2.50. The first-order valence-electron chi connectivity index (χ1n) is 5.40. The van der Waals surface area contributed by atoms with Gasteiger partial charge in [-0.3, -0.25) is 4.99 Å². The van der Waals surface area contributed by atoms with Crippen LogP contribution in [0, 0.1) is 0 Å². The van der Waals surface area contributed by atoms with Crippen LogP contribution in [0.3, 0.4) is 0 Å².